The molecule has 0 unspecified atom stereocenters. The molecule has 0 aliphatic carbocycles. The molecule has 2 aromatic carbocycles. The molecule has 0 radical (unpaired) electrons. The summed E-state index contributed by atoms with van der Waals surface area (Å²) in [6.07, 6.45) is -2.32. The Morgan fingerprint density at radius 3 is 2.27 bits per heavy atom. The van der Waals surface area contributed by atoms with E-state index in [1.165, 1.54) is 12.1 Å². The molecule has 0 saturated carbocycles. The van der Waals surface area contributed by atoms with E-state index >= 15 is 0 Å². The summed E-state index contributed by atoms with van der Waals surface area (Å²) in [6.45, 7) is 0. The lowest BCUT2D eigenvalue weighted by Crippen LogP contribution is -2.41. The van der Waals surface area contributed by atoms with Crippen LogP contribution in [0.15, 0.2) is 64.2 Å². The maximum atomic E-state index is 14.9. The predicted octanol–water partition coefficient (Wildman–Crippen LogP) is 2.57. The van der Waals surface area contributed by atoms with Gasteiger partial charge < -0.3 is 0 Å². The van der Waals surface area contributed by atoms with Gasteiger partial charge in [0.2, 0.25) is 10.0 Å². The fraction of sp³-hybridized carbons (Fsp3) is 0.130. The predicted molar refractivity (Wildman–Crippen MR) is 125 cm³/mol. The Labute approximate surface area is 206 Å². The Bertz CT molecular complexity index is 1690. The van der Waals surface area contributed by atoms with Gasteiger partial charge in [0.25, 0.3) is 11.5 Å². The lowest BCUT2D eigenvalue weighted by Gasteiger charge is -2.21. The van der Waals surface area contributed by atoms with E-state index < -0.39 is 61.8 Å². The maximum Gasteiger partial charge on any atom is 0.431 e. The second-order valence-electron chi connectivity index (χ2n) is 7.58. The first kappa shape index (κ1) is 27.1. The number of amides is 1. The summed E-state index contributed by atoms with van der Waals surface area (Å²) in [7, 11) is -3.78. The van der Waals surface area contributed by atoms with Crippen LogP contribution in [0.2, 0.25) is 0 Å². The molecule has 37 heavy (non-hydrogen) atoms. The maximum absolute atomic E-state index is 14.9. The average molecular weight is 536 g/mol. The van der Waals surface area contributed by atoms with Crippen molar-refractivity contribution in [1.82, 2.24) is 9.13 Å². The van der Waals surface area contributed by atoms with Crippen LogP contribution >= 0.6 is 0 Å². The van der Waals surface area contributed by atoms with E-state index in [-0.39, 0.29) is 19.5 Å². The molecule has 0 N–H and O–H groups in total. The van der Waals surface area contributed by atoms with Crippen LogP contribution in [0.25, 0.3) is 11.8 Å². The number of anilines is 1. The van der Waals surface area contributed by atoms with Gasteiger partial charge in [0.1, 0.15) is 17.6 Å². The summed E-state index contributed by atoms with van der Waals surface area (Å²) in [6, 6.07) is 10.8. The molecule has 9 nitrogen and oxygen atoms in total. The van der Waals surface area contributed by atoms with Crippen molar-refractivity contribution >= 4 is 27.7 Å². The zero-order chi connectivity index (χ0) is 27.7. The third kappa shape index (κ3) is 5.51. The third-order valence-electron chi connectivity index (χ3n) is 5.01. The largest absolute Gasteiger partial charge is 0.431 e. The van der Waals surface area contributed by atoms with Crippen LogP contribution in [0.4, 0.5) is 23.2 Å². The van der Waals surface area contributed by atoms with Gasteiger partial charge in [-0.2, -0.15) is 18.4 Å². The molecule has 0 fully saturated rings. The lowest BCUT2D eigenvalue weighted by molar-refractivity contribution is -0.144. The minimum absolute atomic E-state index is 0.0277. The van der Waals surface area contributed by atoms with Gasteiger partial charge in [-0.25, -0.2) is 26.5 Å². The van der Waals surface area contributed by atoms with E-state index in [1.807, 2.05) is 0 Å². The Morgan fingerprint density at radius 1 is 1.11 bits per heavy atom. The molecule has 192 valence electrons. The number of carbonyl (C=O) groups excluding carboxylic acids is 1. The topological polar surface area (TPSA) is 122 Å². The smallest absolute Gasteiger partial charge is 0.292 e. The van der Waals surface area contributed by atoms with Crippen molar-refractivity contribution in [3.63, 3.8) is 0 Å². The number of benzene rings is 2. The number of alkyl halides is 3. The molecular weight excluding hydrogens is 520 g/mol. The number of aromatic nitrogens is 2. The summed E-state index contributed by atoms with van der Waals surface area (Å²) in [5.41, 5.74) is -6.62. The molecule has 0 bridgehead atoms. The minimum atomic E-state index is -5.08. The van der Waals surface area contributed by atoms with Crippen LogP contribution in [-0.4, -0.2) is 29.7 Å². The number of halogens is 4. The molecule has 3 aromatic rings. The SMILES string of the molecule is Cn1c(C(F)(F)F)cc(=O)n(-c2cc(N(C(=O)/C=C/c3ccccc3)S(C)(=O)=O)c(C#N)cc2F)c1=O. The van der Waals surface area contributed by atoms with Crippen LogP contribution < -0.4 is 15.6 Å². The fourth-order valence-corrected chi connectivity index (χ4v) is 4.26. The molecule has 0 spiro atoms. The molecular formula is C23H16F4N4O5S. The van der Waals surface area contributed by atoms with Gasteiger partial charge in [-0.3, -0.25) is 14.2 Å². The van der Waals surface area contributed by atoms with Gasteiger partial charge in [0.15, 0.2) is 0 Å². The lowest BCUT2D eigenvalue weighted by atomic mass is 10.1. The number of nitrogens with zero attached hydrogens (tertiary/aromatic N) is 4. The first-order valence-corrected chi connectivity index (χ1v) is 11.9. The Hall–Kier alpha value is -4.51. The minimum Gasteiger partial charge on any atom is -0.292 e. The van der Waals surface area contributed by atoms with Crippen molar-refractivity contribution in [1.29, 1.82) is 5.26 Å². The normalized spacial score (nSPS) is 11.9. The van der Waals surface area contributed by atoms with Crippen LogP contribution in [0, 0.1) is 17.1 Å². The van der Waals surface area contributed by atoms with E-state index in [0.29, 0.717) is 31.0 Å². The van der Waals surface area contributed by atoms with Crippen molar-refractivity contribution < 1.29 is 30.8 Å². The summed E-state index contributed by atoms with van der Waals surface area (Å²) in [5.74, 6) is -2.59. The quantitative estimate of drug-likeness (QED) is 0.365. The van der Waals surface area contributed by atoms with E-state index in [0.717, 1.165) is 6.08 Å². The highest BCUT2D eigenvalue weighted by Gasteiger charge is 2.35. The van der Waals surface area contributed by atoms with Crippen molar-refractivity contribution in [2.75, 3.05) is 10.6 Å². The first-order chi connectivity index (χ1) is 17.2. The molecule has 0 aliphatic rings. The molecule has 1 amide bonds. The Kier molecular flexibility index (Phi) is 7.22. The highest BCUT2D eigenvalue weighted by Crippen LogP contribution is 2.29. The van der Waals surface area contributed by atoms with Crippen molar-refractivity contribution in [3.8, 4) is 11.8 Å². The van der Waals surface area contributed by atoms with E-state index in [2.05, 4.69) is 0 Å². The van der Waals surface area contributed by atoms with Crippen molar-refractivity contribution in [3.05, 3.63) is 98.1 Å². The number of nitriles is 1. The van der Waals surface area contributed by atoms with Gasteiger partial charge >= 0.3 is 11.9 Å². The molecule has 1 aromatic heterocycles. The molecule has 14 heteroatoms. The second kappa shape index (κ2) is 9.86. The van der Waals surface area contributed by atoms with E-state index in [4.69, 9.17) is 0 Å². The number of hydrogen-bond acceptors (Lipinski definition) is 6. The van der Waals surface area contributed by atoms with Crippen LogP contribution in [0.3, 0.4) is 0 Å². The number of rotatable bonds is 5. The van der Waals surface area contributed by atoms with Crippen LogP contribution in [0.5, 0.6) is 0 Å². The van der Waals surface area contributed by atoms with Crippen LogP contribution in [-0.2, 0) is 28.0 Å². The zero-order valence-corrected chi connectivity index (χ0v) is 19.8. The number of carbonyl (C=O) groups is 1. The Morgan fingerprint density at radius 2 is 1.73 bits per heavy atom. The summed E-state index contributed by atoms with van der Waals surface area (Å²) < 4.78 is 79.7. The molecule has 0 saturated heterocycles. The molecule has 1 heterocycles. The second-order valence-corrected chi connectivity index (χ2v) is 9.42. The van der Waals surface area contributed by atoms with Gasteiger partial charge in [0.05, 0.1) is 23.2 Å². The summed E-state index contributed by atoms with van der Waals surface area (Å²) >= 11 is 0. The standard InChI is InChI=1S/C23H16F4N4O5S/c1-29-19(23(25,26)27)12-21(33)30(22(29)34)18-11-17(15(13-28)10-16(18)24)31(37(2,35)36)20(32)9-8-14-6-4-3-5-7-14/h3-12H,1-2H3/b9-8+. The molecule has 0 atom stereocenters. The monoisotopic (exact) mass is 536 g/mol. The molecule has 3 rings (SSSR count). The number of hydrogen-bond donors (Lipinski definition) is 0. The summed E-state index contributed by atoms with van der Waals surface area (Å²) in [5, 5.41) is 9.46. The van der Waals surface area contributed by atoms with Crippen LogP contribution in [0.1, 0.15) is 16.8 Å². The zero-order valence-electron chi connectivity index (χ0n) is 19.0. The van der Waals surface area contributed by atoms with Gasteiger partial charge in [-0.05, 0) is 23.8 Å². The highest BCUT2D eigenvalue weighted by molar-refractivity contribution is 7.92. The van der Waals surface area contributed by atoms with Crippen molar-refractivity contribution in [2.45, 2.75) is 6.18 Å². The third-order valence-corrected chi connectivity index (χ3v) is 6.05. The first-order valence-electron chi connectivity index (χ1n) is 10.1. The van der Waals surface area contributed by atoms with E-state index in [9.17, 15) is 45.6 Å². The average Bonchev–Trinajstić information content (AvgIpc) is 2.80. The summed E-state index contributed by atoms with van der Waals surface area (Å²) in [4.78, 5) is 38.0. The van der Waals surface area contributed by atoms with Gasteiger partial charge in [-0.1, -0.05) is 30.3 Å². The Balaban J connectivity index is 2.28. The van der Waals surface area contributed by atoms with Gasteiger partial charge in [-0.15, -0.1) is 0 Å². The highest BCUT2D eigenvalue weighted by atomic mass is 32.2. The van der Waals surface area contributed by atoms with Crippen molar-refractivity contribution in [2.24, 2.45) is 7.05 Å². The molecule has 0 aliphatic heterocycles. The fourth-order valence-electron chi connectivity index (χ4n) is 3.36. The van der Waals surface area contributed by atoms with Gasteiger partial charge in [0, 0.05) is 19.2 Å². The van der Waals surface area contributed by atoms with E-state index in [1.54, 1.807) is 30.3 Å². The number of sulfonamides is 1.